The average Bonchev–Trinajstić information content (AvgIpc) is 2.40. The van der Waals surface area contributed by atoms with Gasteiger partial charge >= 0.3 is 6.09 Å². The molecule has 4 nitrogen and oxygen atoms in total. The molecule has 0 radical (unpaired) electrons. The minimum Gasteiger partial charge on any atom is -0.444 e. The first-order chi connectivity index (χ1) is 5.38. The number of carbonyl (C=O) groups is 1. The van der Waals surface area contributed by atoms with Crippen molar-refractivity contribution in [2.45, 2.75) is 44.9 Å². The van der Waals surface area contributed by atoms with Gasteiger partial charge in [-0.3, -0.25) is 0 Å². The van der Waals surface area contributed by atoms with Gasteiger partial charge in [-0.25, -0.2) is 4.79 Å². The fraction of sp³-hybridized carbons (Fsp3) is 0.875. The Morgan fingerprint density at radius 2 is 2.08 bits per heavy atom. The van der Waals surface area contributed by atoms with Crippen LogP contribution in [0.5, 0.6) is 0 Å². The first-order valence-electron chi connectivity index (χ1n) is 4.06. The molecule has 0 heterocycles. The maximum absolute atomic E-state index is 11.0. The average molecular weight is 173 g/mol. The van der Waals surface area contributed by atoms with Crippen LogP contribution < -0.4 is 5.32 Å². The Kier molecular flexibility index (Phi) is 2.28. The Labute approximate surface area is 71.9 Å². The largest absolute Gasteiger partial charge is 0.444 e. The van der Waals surface area contributed by atoms with E-state index in [1.807, 2.05) is 0 Å². The van der Waals surface area contributed by atoms with Crippen molar-refractivity contribution in [3.8, 4) is 0 Å². The van der Waals surface area contributed by atoms with Crippen LogP contribution in [0.3, 0.4) is 0 Å². The highest BCUT2D eigenvalue weighted by molar-refractivity contribution is 5.68. The minimum atomic E-state index is -0.468. The van der Waals surface area contributed by atoms with Crippen molar-refractivity contribution in [1.82, 2.24) is 5.32 Å². The van der Waals surface area contributed by atoms with E-state index in [4.69, 9.17) is 9.84 Å². The zero-order valence-electron chi connectivity index (χ0n) is 7.63. The van der Waals surface area contributed by atoms with Gasteiger partial charge in [0.15, 0.2) is 0 Å². The molecule has 1 fully saturated rings. The molecule has 0 saturated heterocycles. The van der Waals surface area contributed by atoms with E-state index in [2.05, 4.69) is 5.32 Å². The van der Waals surface area contributed by atoms with E-state index >= 15 is 0 Å². The van der Waals surface area contributed by atoms with Gasteiger partial charge in [-0.2, -0.15) is 0 Å². The summed E-state index contributed by atoms with van der Waals surface area (Å²) in [5.74, 6) is 0. The smallest absolute Gasteiger partial charge is 0.407 e. The van der Waals surface area contributed by atoms with Crippen molar-refractivity contribution < 1.29 is 14.6 Å². The number of rotatable bonds is 1. The van der Waals surface area contributed by atoms with Crippen LogP contribution in [-0.4, -0.2) is 28.9 Å². The predicted octanol–water partition coefficient (Wildman–Crippen LogP) is 0.644. The number of amides is 1. The lowest BCUT2D eigenvalue weighted by molar-refractivity contribution is 0.0514. The first kappa shape index (κ1) is 9.32. The highest BCUT2D eigenvalue weighted by Crippen LogP contribution is 2.20. The van der Waals surface area contributed by atoms with Gasteiger partial charge in [0.1, 0.15) is 5.60 Å². The molecule has 0 unspecified atom stereocenters. The lowest BCUT2D eigenvalue weighted by Crippen LogP contribution is -2.34. The van der Waals surface area contributed by atoms with Gasteiger partial charge in [-0.05, 0) is 27.2 Å². The molecule has 12 heavy (non-hydrogen) atoms. The van der Waals surface area contributed by atoms with Gasteiger partial charge in [-0.15, -0.1) is 0 Å². The van der Waals surface area contributed by atoms with Gasteiger partial charge < -0.3 is 15.2 Å². The zero-order valence-corrected chi connectivity index (χ0v) is 7.63. The summed E-state index contributed by atoms with van der Waals surface area (Å²) < 4.78 is 4.98. The molecule has 0 aromatic carbocycles. The molecule has 1 aliphatic carbocycles. The van der Waals surface area contributed by atoms with Crippen LogP contribution in [0, 0.1) is 0 Å². The summed E-state index contributed by atoms with van der Waals surface area (Å²) in [4.78, 5) is 11.0. The molecular formula is C8H15NO3. The molecule has 2 atom stereocenters. The van der Waals surface area contributed by atoms with Crippen LogP contribution in [0.1, 0.15) is 27.2 Å². The first-order valence-corrected chi connectivity index (χ1v) is 4.06. The number of aliphatic hydroxyl groups excluding tert-OH is 1. The number of hydrogen-bond donors (Lipinski definition) is 2. The van der Waals surface area contributed by atoms with E-state index in [9.17, 15) is 4.79 Å². The second kappa shape index (κ2) is 2.94. The number of aliphatic hydroxyl groups is 1. The standard InChI is InChI=1S/C8H15NO3/c1-8(2,3)12-7(11)9-5-4-6(5)10/h5-6,10H,4H2,1-3H3,(H,9,11)/t5-,6-/m1/s1. The van der Waals surface area contributed by atoms with E-state index < -0.39 is 11.7 Å². The van der Waals surface area contributed by atoms with E-state index in [-0.39, 0.29) is 12.1 Å². The van der Waals surface area contributed by atoms with Crippen molar-refractivity contribution in [1.29, 1.82) is 0 Å². The second-order valence-electron chi connectivity index (χ2n) is 4.06. The van der Waals surface area contributed by atoms with Gasteiger partial charge in [-0.1, -0.05) is 0 Å². The Morgan fingerprint density at radius 1 is 1.58 bits per heavy atom. The monoisotopic (exact) mass is 173 g/mol. The summed E-state index contributed by atoms with van der Waals surface area (Å²) >= 11 is 0. The summed E-state index contributed by atoms with van der Waals surface area (Å²) in [5, 5.41) is 11.5. The minimum absolute atomic E-state index is 0.0974. The summed E-state index contributed by atoms with van der Waals surface area (Å²) in [6.45, 7) is 5.40. The fourth-order valence-electron chi connectivity index (χ4n) is 0.796. The maximum Gasteiger partial charge on any atom is 0.407 e. The second-order valence-corrected chi connectivity index (χ2v) is 4.06. The summed E-state index contributed by atoms with van der Waals surface area (Å²) in [6, 6.07) is -0.0974. The van der Waals surface area contributed by atoms with Crippen LogP contribution in [-0.2, 0) is 4.74 Å². The SMILES string of the molecule is CC(C)(C)OC(=O)N[C@@H]1C[C@H]1O. The van der Waals surface area contributed by atoms with E-state index in [1.54, 1.807) is 20.8 Å². The molecular weight excluding hydrogens is 158 g/mol. The Hall–Kier alpha value is -0.770. The number of nitrogens with one attached hydrogen (secondary N) is 1. The molecule has 0 aromatic rings. The molecule has 70 valence electrons. The third-order valence-electron chi connectivity index (χ3n) is 1.46. The molecule has 0 bridgehead atoms. The molecule has 4 heteroatoms. The molecule has 0 aliphatic heterocycles. The van der Waals surface area contributed by atoms with Crippen LogP contribution >= 0.6 is 0 Å². The Balaban J connectivity index is 2.21. The summed E-state index contributed by atoms with van der Waals surface area (Å²) in [7, 11) is 0. The number of carbonyl (C=O) groups excluding carboxylic acids is 1. The van der Waals surface area contributed by atoms with Crippen LogP contribution in [0.4, 0.5) is 4.79 Å². The molecule has 1 amide bonds. The number of alkyl carbamates (subject to hydrolysis) is 1. The predicted molar refractivity (Wildman–Crippen MR) is 43.8 cm³/mol. The van der Waals surface area contributed by atoms with Gasteiger partial charge in [0.2, 0.25) is 0 Å². The quantitative estimate of drug-likeness (QED) is 0.612. The normalized spacial score (nSPS) is 28.0. The third kappa shape index (κ3) is 3.09. The molecule has 0 spiro atoms. The summed E-state index contributed by atoms with van der Waals surface area (Å²) in [5.41, 5.74) is -0.468. The lowest BCUT2D eigenvalue weighted by atomic mass is 10.2. The molecule has 0 aromatic heterocycles. The van der Waals surface area contributed by atoms with Crippen LogP contribution in [0.25, 0.3) is 0 Å². The lowest BCUT2D eigenvalue weighted by Gasteiger charge is -2.19. The van der Waals surface area contributed by atoms with Crippen molar-refractivity contribution >= 4 is 6.09 Å². The van der Waals surface area contributed by atoms with Gasteiger partial charge in [0.25, 0.3) is 0 Å². The van der Waals surface area contributed by atoms with Crippen LogP contribution in [0.2, 0.25) is 0 Å². The fourth-order valence-corrected chi connectivity index (χ4v) is 0.796. The maximum atomic E-state index is 11.0. The van der Waals surface area contributed by atoms with Gasteiger partial charge in [0.05, 0.1) is 12.1 Å². The Bertz CT molecular complexity index is 185. The van der Waals surface area contributed by atoms with Gasteiger partial charge in [0, 0.05) is 0 Å². The highest BCUT2D eigenvalue weighted by atomic mass is 16.6. The van der Waals surface area contributed by atoms with E-state index in [0.29, 0.717) is 6.42 Å². The zero-order chi connectivity index (χ0) is 9.35. The van der Waals surface area contributed by atoms with Crippen molar-refractivity contribution in [2.24, 2.45) is 0 Å². The topological polar surface area (TPSA) is 58.6 Å². The summed E-state index contributed by atoms with van der Waals surface area (Å²) in [6.07, 6.45) is -0.194. The van der Waals surface area contributed by atoms with E-state index in [0.717, 1.165) is 0 Å². The van der Waals surface area contributed by atoms with Crippen LogP contribution in [0.15, 0.2) is 0 Å². The van der Waals surface area contributed by atoms with E-state index in [1.165, 1.54) is 0 Å². The highest BCUT2D eigenvalue weighted by Gasteiger charge is 2.37. The molecule has 1 rings (SSSR count). The van der Waals surface area contributed by atoms with Crippen molar-refractivity contribution in [2.75, 3.05) is 0 Å². The van der Waals surface area contributed by atoms with Crippen molar-refractivity contribution in [3.05, 3.63) is 0 Å². The molecule has 2 N–H and O–H groups in total. The number of ether oxygens (including phenoxy) is 1. The van der Waals surface area contributed by atoms with Crippen molar-refractivity contribution in [3.63, 3.8) is 0 Å². The Morgan fingerprint density at radius 3 is 2.42 bits per heavy atom. The number of hydrogen-bond acceptors (Lipinski definition) is 3. The molecule has 1 aliphatic rings. The molecule has 1 saturated carbocycles. The third-order valence-corrected chi connectivity index (χ3v) is 1.46.